The number of rotatable bonds is 5. The molecule has 0 radical (unpaired) electrons. The van der Waals surface area contributed by atoms with Crippen molar-refractivity contribution in [3.8, 4) is 0 Å². The fraction of sp³-hybridized carbons (Fsp3) is 0.909. The molecule has 5 nitrogen and oxygen atoms in total. The monoisotopic (exact) mass is 266 g/mol. The number of halogens is 2. The Morgan fingerprint density at radius 2 is 2.11 bits per heavy atom. The van der Waals surface area contributed by atoms with Crippen molar-refractivity contribution in [2.75, 3.05) is 32.8 Å². The van der Waals surface area contributed by atoms with Crippen LogP contribution in [0.15, 0.2) is 0 Å². The fourth-order valence-electron chi connectivity index (χ4n) is 1.83. The van der Waals surface area contributed by atoms with Crippen molar-refractivity contribution < 1.29 is 23.4 Å². The number of nitrogens with one attached hydrogen (secondary N) is 1. The zero-order chi connectivity index (χ0) is 13.6. The minimum atomic E-state index is -3.09. The highest BCUT2D eigenvalue weighted by Gasteiger charge is 2.30. The van der Waals surface area contributed by atoms with Gasteiger partial charge in [0.25, 0.3) is 5.92 Å². The lowest BCUT2D eigenvalue weighted by atomic mass is 10.1. The average Bonchev–Trinajstić information content (AvgIpc) is 2.37. The van der Waals surface area contributed by atoms with E-state index in [9.17, 15) is 13.6 Å². The molecule has 0 spiro atoms. The van der Waals surface area contributed by atoms with E-state index in [0.29, 0.717) is 32.5 Å². The summed E-state index contributed by atoms with van der Waals surface area (Å²) in [6.45, 7) is 1.39. The van der Waals surface area contributed by atoms with Gasteiger partial charge < -0.3 is 20.1 Å². The van der Waals surface area contributed by atoms with Crippen LogP contribution in [0, 0.1) is 0 Å². The molecule has 18 heavy (non-hydrogen) atoms. The van der Waals surface area contributed by atoms with E-state index < -0.39 is 19.1 Å². The van der Waals surface area contributed by atoms with Gasteiger partial charge in [-0.2, -0.15) is 0 Å². The van der Waals surface area contributed by atoms with Crippen molar-refractivity contribution in [2.24, 2.45) is 0 Å². The molecule has 0 aromatic rings. The lowest BCUT2D eigenvalue weighted by Crippen LogP contribution is -2.48. The Balaban J connectivity index is 2.25. The first kappa shape index (κ1) is 15.1. The van der Waals surface area contributed by atoms with Crippen LogP contribution in [0.1, 0.15) is 19.8 Å². The lowest BCUT2D eigenvalue weighted by Gasteiger charge is -2.32. The second-order valence-electron chi connectivity index (χ2n) is 4.36. The quantitative estimate of drug-likeness (QED) is 0.773. The Kier molecular flexibility index (Phi) is 5.74. The molecule has 0 saturated carbocycles. The van der Waals surface area contributed by atoms with Gasteiger partial charge in [0.15, 0.2) is 0 Å². The first-order chi connectivity index (χ1) is 8.48. The number of carbonyl (C=O) groups is 1. The molecular formula is C11H20F2N2O3. The van der Waals surface area contributed by atoms with Crippen molar-refractivity contribution in [2.45, 2.75) is 31.7 Å². The summed E-state index contributed by atoms with van der Waals surface area (Å²) in [6.07, 6.45) is 0.873. The summed E-state index contributed by atoms with van der Waals surface area (Å²) in [6, 6.07) is -0.0481. The Labute approximate surface area is 105 Å². The van der Waals surface area contributed by atoms with Gasteiger partial charge in [0.2, 0.25) is 0 Å². The highest BCUT2D eigenvalue weighted by atomic mass is 19.3. The van der Waals surface area contributed by atoms with E-state index in [2.05, 4.69) is 5.32 Å². The fourth-order valence-corrected chi connectivity index (χ4v) is 1.83. The maximum atomic E-state index is 12.8. The molecule has 0 aliphatic carbocycles. The molecule has 0 aromatic heterocycles. The number of likely N-dealkylation sites (tertiary alicyclic amines) is 1. The number of carbonyl (C=O) groups excluding carboxylic acids is 1. The molecule has 1 aliphatic heterocycles. The normalized spacial score (nSPS) is 17.9. The number of aliphatic hydroxyl groups is 1. The number of hydrogen-bond acceptors (Lipinski definition) is 4. The summed E-state index contributed by atoms with van der Waals surface area (Å²) in [5.41, 5.74) is 0. The first-order valence-corrected chi connectivity index (χ1v) is 6.12. The minimum absolute atomic E-state index is 0.0481. The van der Waals surface area contributed by atoms with Crippen LogP contribution >= 0.6 is 0 Å². The number of piperidine rings is 1. The van der Waals surface area contributed by atoms with E-state index >= 15 is 0 Å². The van der Waals surface area contributed by atoms with Crippen molar-refractivity contribution in [1.29, 1.82) is 0 Å². The number of alkyl halides is 2. The standard InChI is InChI=1S/C11H20F2N2O3/c1-2-18-10(17)15-5-3-9(4-6-15)14-7-11(12,13)8-16/h9,14,16H,2-8H2,1H3. The predicted molar refractivity (Wildman–Crippen MR) is 61.7 cm³/mol. The van der Waals surface area contributed by atoms with Gasteiger partial charge in [-0.3, -0.25) is 0 Å². The van der Waals surface area contributed by atoms with Crippen LogP contribution in [-0.2, 0) is 4.74 Å². The molecule has 1 saturated heterocycles. The molecular weight excluding hydrogens is 246 g/mol. The van der Waals surface area contributed by atoms with E-state index in [1.54, 1.807) is 11.8 Å². The molecule has 106 valence electrons. The molecule has 1 aliphatic rings. The maximum Gasteiger partial charge on any atom is 0.409 e. The number of nitrogens with zero attached hydrogens (tertiary/aromatic N) is 1. The van der Waals surface area contributed by atoms with E-state index in [1.807, 2.05) is 0 Å². The Morgan fingerprint density at radius 3 is 2.61 bits per heavy atom. The molecule has 1 rings (SSSR count). The molecule has 1 fully saturated rings. The second kappa shape index (κ2) is 6.84. The number of ether oxygens (including phenoxy) is 1. The average molecular weight is 266 g/mol. The number of hydrogen-bond donors (Lipinski definition) is 2. The Bertz CT molecular complexity index is 269. The third kappa shape index (κ3) is 4.73. The molecule has 0 unspecified atom stereocenters. The van der Waals surface area contributed by atoms with Gasteiger partial charge in [-0.25, -0.2) is 13.6 Å². The summed E-state index contributed by atoms with van der Waals surface area (Å²) in [5, 5.41) is 11.2. The lowest BCUT2D eigenvalue weighted by molar-refractivity contribution is -0.0504. The zero-order valence-electron chi connectivity index (χ0n) is 10.5. The van der Waals surface area contributed by atoms with Crippen LogP contribution in [0.5, 0.6) is 0 Å². The van der Waals surface area contributed by atoms with Crippen molar-refractivity contribution in [1.82, 2.24) is 10.2 Å². The number of aliphatic hydroxyl groups excluding tert-OH is 1. The summed E-state index contributed by atoms with van der Waals surface area (Å²) >= 11 is 0. The third-order valence-corrected chi connectivity index (χ3v) is 2.90. The third-order valence-electron chi connectivity index (χ3n) is 2.90. The minimum Gasteiger partial charge on any atom is -0.450 e. The van der Waals surface area contributed by atoms with Crippen molar-refractivity contribution in [3.63, 3.8) is 0 Å². The topological polar surface area (TPSA) is 61.8 Å². The molecule has 2 N–H and O–H groups in total. The van der Waals surface area contributed by atoms with Crippen LogP contribution in [0.3, 0.4) is 0 Å². The smallest absolute Gasteiger partial charge is 0.409 e. The van der Waals surface area contributed by atoms with E-state index in [0.717, 1.165) is 0 Å². The van der Waals surface area contributed by atoms with E-state index in [1.165, 1.54) is 0 Å². The largest absolute Gasteiger partial charge is 0.450 e. The Morgan fingerprint density at radius 1 is 1.50 bits per heavy atom. The van der Waals surface area contributed by atoms with Gasteiger partial charge in [0.05, 0.1) is 13.2 Å². The second-order valence-corrected chi connectivity index (χ2v) is 4.36. The summed E-state index contributed by atoms with van der Waals surface area (Å²) < 4.78 is 30.5. The molecule has 7 heteroatoms. The van der Waals surface area contributed by atoms with E-state index in [4.69, 9.17) is 9.84 Å². The van der Waals surface area contributed by atoms with Crippen molar-refractivity contribution >= 4 is 6.09 Å². The van der Waals surface area contributed by atoms with Crippen LogP contribution in [-0.4, -0.2) is 60.9 Å². The van der Waals surface area contributed by atoms with Crippen LogP contribution in [0.4, 0.5) is 13.6 Å². The SMILES string of the molecule is CCOC(=O)N1CCC(NCC(F)(F)CO)CC1. The maximum absolute atomic E-state index is 12.8. The molecule has 0 atom stereocenters. The van der Waals surface area contributed by atoms with Crippen LogP contribution in [0.25, 0.3) is 0 Å². The summed E-state index contributed by atoms with van der Waals surface area (Å²) in [7, 11) is 0. The highest BCUT2D eigenvalue weighted by Crippen LogP contribution is 2.14. The first-order valence-electron chi connectivity index (χ1n) is 6.12. The molecule has 0 aromatic carbocycles. The molecule has 1 heterocycles. The predicted octanol–water partition coefficient (Wildman–Crippen LogP) is 0.824. The zero-order valence-corrected chi connectivity index (χ0v) is 10.5. The van der Waals surface area contributed by atoms with Crippen LogP contribution in [0.2, 0.25) is 0 Å². The molecule has 1 amide bonds. The van der Waals surface area contributed by atoms with Crippen LogP contribution < -0.4 is 5.32 Å². The van der Waals surface area contributed by atoms with Gasteiger partial charge in [0, 0.05) is 19.1 Å². The van der Waals surface area contributed by atoms with Gasteiger partial charge in [-0.1, -0.05) is 0 Å². The van der Waals surface area contributed by atoms with Crippen molar-refractivity contribution in [3.05, 3.63) is 0 Å². The molecule has 0 bridgehead atoms. The van der Waals surface area contributed by atoms with Gasteiger partial charge in [0.1, 0.15) is 6.61 Å². The van der Waals surface area contributed by atoms with Gasteiger partial charge >= 0.3 is 6.09 Å². The van der Waals surface area contributed by atoms with E-state index in [-0.39, 0.29) is 12.1 Å². The van der Waals surface area contributed by atoms with Gasteiger partial charge in [-0.15, -0.1) is 0 Å². The van der Waals surface area contributed by atoms with Gasteiger partial charge in [-0.05, 0) is 19.8 Å². The summed E-state index contributed by atoms with van der Waals surface area (Å²) in [5.74, 6) is -3.09. The highest BCUT2D eigenvalue weighted by molar-refractivity contribution is 5.67. The summed E-state index contributed by atoms with van der Waals surface area (Å²) in [4.78, 5) is 13.0. The Hall–Kier alpha value is -0.950. The number of amides is 1.